The summed E-state index contributed by atoms with van der Waals surface area (Å²) < 4.78 is 28.4. The van der Waals surface area contributed by atoms with Gasteiger partial charge in [-0.25, -0.2) is 8.42 Å². The van der Waals surface area contributed by atoms with Crippen LogP contribution < -0.4 is 0 Å². The van der Waals surface area contributed by atoms with Gasteiger partial charge in [-0.2, -0.15) is 4.31 Å². The minimum atomic E-state index is -3.53. The van der Waals surface area contributed by atoms with Gasteiger partial charge >= 0.3 is 0 Å². The molecule has 1 heterocycles. The second-order valence-corrected chi connectivity index (χ2v) is 10.4. The molecule has 0 amide bonds. The normalized spacial score (nSPS) is 17.5. The smallest absolute Gasteiger partial charge is 0.243 e. The molecule has 0 bridgehead atoms. The van der Waals surface area contributed by atoms with Crippen molar-refractivity contribution in [3.63, 3.8) is 0 Å². The lowest BCUT2D eigenvalue weighted by atomic mass is 9.85. The first-order valence-electron chi connectivity index (χ1n) is 9.93. The van der Waals surface area contributed by atoms with Gasteiger partial charge in [0, 0.05) is 17.6 Å². The number of halogens is 1. The average Bonchev–Trinajstić information content (AvgIpc) is 2.69. The van der Waals surface area contributed by atoms with E-state index < -0.39 is 15.6 Å². The molecule has 1 fully saturated rings. The van der Waals surface area contributed by atoms with E-state index in [-0.39, 0.29) is 0 Å². The minimum absolute atomic E-state index is 0.313. The van der Waals surface area contributed by atoms with Gasteiger partial charge in [-0.15, -0.1) is 0 Å². The van der Waals surface area contributed by atoms with Crippen molar-refractivity contribution in [1.82, 2.24) is 4.31 Å². The first-order valence-corrected chi connectivity index (χ1v) is 12.2. The lowest BCUT2D eigenvalue weighted by Crippen LogP contribution is -2.45. The Hall–Kier alpha value is -1.21. The van der Waals surface area contributed by atoms with E-state index in [0.29, 0.717) is 30.8 Å². The van der Waals surface area contributed by atoms with E-state index >= 15 is 0 Å². The second-order valence-electron chi connectivity index (χ2n) is 7.54. The largest absolute Gasteiger partial charge is 0.385 e. The summed E-state index contributed by atoms with van der Waals surface area (Å²) in [6, 6.07) is 14.9. The van der Waals surface area contributed by atoms with Crippen LogP contribution in [0, 0.1) is 0 Å². The molecule has 0 aliphatic carbocycles. The van der Waals surface area contributed by atoms with Crippen LogP contribution in [-0.2, 0) is 22.0 Å². The van der Waals surface area contributed by atoms with Gasteiger partial charge in [-0.1, -0.05) is 60.0 Å². The van der Waals surface area contributed by atoms with Crippen molar-refractivity contribution in [3.8, 4) is 0 Å². The Labute approximate surface area is 176 Å². The van der Waals surface area contributed by atoms with Crippen LogP contribution in [-0.4, -0.2) is 30.9 Å². The summed E-state index contributed by atoms with van der Waals surface area (Å²) in [5.74, 6) is 0. The number of rotatable bonds is 7. The molecule has 3 rings (SSSR count). The zero-order valence-electron chi connectivity index (χ0n) is 16.3. The monoisotopic (exact) mass is 465 g/mol. The number of benzene rings is 2. The fourth-order valence-corrected chi connectivity index (χ4v) is 5.41. The van der Waals surface area contributed by atoms with Crippen LogP contribution in [0.5, 0.6) is 0 Å². The summed E-state index contributed by atoms with van der Waals surface area (Å²) in [5, 5.41) is 11.0. The third kappa shape index (κ3) is 4.85. The Bertz CT molecular complexity index is 871. The van der Waals surface area contributed by atoms with Gasteiger partial charge in [0.15, 0.2) is 0 Å². The van der Waals surface area contributed by atoms with Crippen LogP contribution in [0.2, 0.25) is 0 Å². The van der Waals surface area contributed by atoms with Crippen LogP contribution in [0.15, 0.2) is 57.9 Å². The minimum Gasteiger partial charge on any atom is -0.385 e. The molecule has 0 atom stereocenters. The Kier molecular flexibility index (Phi) is 6.97. The van der Waals surface area contributed by atoms with Gasteiger partial charge in [0.25, 0.3) is 0 Å². The highest BCUT2D eigenvalue weighted by Crippen LogP contribution is 2.35. The number of aliphatic hydroxyl groups is 1. The van der Waals surface area contributed by atoms with Crippen LogP contribution >= 0.6 is 15.9 Å². The zero-order valence-corrected chi connectivity index (χ0v) is 18.7. The maximum absolute atomic E-state index is 13.0. The maximum atomic E-state index is 13.0. The molecule has 2 aromatic rings. The fraction of sp³-hybridized carbons (Fsp3) is 0.455. The van der Waals surface area contributed by atoms with Gasteiger partial charge in [0.05, 0.1) is 10.5 Å². The number of unbranched alkanes of at least 4 members (excludes halogenated alkanes) is 2. The van der Waals surface area contributed by atoms with Crippen molar-refractivity contribution in [2.24, 2.45) is 0 Å². The summed E-state index contributed by atoms with van der Waals surface area (Å²) in [5.41, 5.74) is 1.04. The number of nitrogens with zero attached hydrogens (tertiary/aromatic N) is 1. The third-order valence-electron chi connectivity index (χ3n) is 5.56. The lowest BCUT2D eigenvalue weighted by molar-refractivity contribution is -0.00962. The number of hydrogen-bond acceptors (Lipinski definition) is 3. The molecule has 0 radical (unpaired) electrons. The van der Waals surface area contributed by atoms with Crippen LogP contribution in [0.3, 0.4) is 0 Å². The molecule has 4 nitrogen and oxygen atoms in total. The Morgan fingerprint density at radius 1 is 1.00 bits per heavy atom. The fourth-order valence-electron chi connectivity index (χ4n) is 3.70. The van der Waals surface area contributed by atoms with Gasteiger partial charge in [0.1, 0.15) is 0 Å². The second kappa shape index (κ2) is 9.08. The van der Waals surface area contributed by atoms with Crippen LogP contribution in [0.1, 0.15) is 50.2 Å². The molecule has 1 saturated heterocycles. The Morgan fingerprint density at radius 3 is 2.18 bits per heavy atom. The van der Waals surface area contributed by atoms with E-state index in [9.17, 15) is 13.5 Å². The maximum Gasteiger partial charge on any atom is 0.243 e. The zero-order chi connectivity index (χ0) is 20.2. The quantitative estimate of drug-likeness (QED) is 0.594. The predicted octanol–water partition coefficient (Wildman–Crippen LogP) is 4.85. The SMILES string of the molecule is CCCCCc1ccc(S(=O)(=O)N2CCC(O)(c3ccc(Br)cc3)CC2)cc1. The molecule has 0 spiro atoms. The summed E-state index contributed by atoms with van der Waals surface area (Å²) in [7, 11) is -3.53. The lowest BCUT2D eigenvalue weighted by Gasteiger charge is -2.38. The van der Waals surface area contributed by atoms with Crippen LogP contribution in [0.4, 0.5) is 0 Å². The molecule has 28 heavy (non-hydrogen) atoms. The Morgan fingerprint density at radius 2 is 1.61 bits per heavy atom. The molecule has 2 aromatic carbocycles. The highest BCUT2D eigenvalue weighted by atomic mass is 79.9. The van der Waals surface area contributed by atoms with Gasteiger partial charge < -0.3 is 5.11 Å². The average molecular weight is 466 g/mol. The molecule has 6 heteroatoms. The molecule has 152 valence electrons. The van der Waals surface area contributed by atoms with Crippen molar-refractivity contribution in [1.29, 1.82) is 0 Å². The number of sulfonamides is 1. The van der Waals surface area contributed by atoms with E-state index in [2.05, 4.69) is 22.9 Å². The molecule has 0 unspecified atom stereocenters. The van der Waals surface area contributed by atoms with Crippen molar-refractivity contribution >= 4 is 26.0 Å². The first-order chi connectivity index (χ1) is 13.3. The Balaban J connectivity index is 1.66. The highest BCUT2D eigenvalue weighted by molar-refractivity contribution is 9.10. The molecule has 1 aliphatic rings. The summed E-state index contributed by atoms with van der Waals surface area (Å²) >= 11 is 3.40. The first kappa shape index (κ1) is 21.5. The van der Waals surface area contributed by atoms with E-state index in [1.807, 2.05) is 36.4 Å². The number of aryl methyl sites for hydroxylation is 1. The summed E-state index contributed by atoms with van der Waals surface area (Å²) in [6.07, 6.45) is 5.26. The van der Waals surface area contributed by atoms with Crippen molar-refractivity contribution in [3.05, 3.63) is 64.1 Å². The highest BCUT2D eigenvalue weighted by Gasteiger charge is 2.38. The molecular weight excluding hydrogens is 438 g/mol. The van der Waals surface area contributed by atoms with Crippen molar-refractivity contribution in [2.75, 3.05) is 13.1 Å². The van der Waals surface area contributed by atoms with E-state index in [1.54, 1.807) is 12.1 Å². The topological polar surface area (TPSA) is 57.6 Å². The van der Waals surface area contributed by atoms with Crippen molar-refractivity contribution in [2.45, 2.75) is 55.9 Å². The van der Waals surface area contributed by atoms with Gasteiger partial charge in [-0.3, -0.25) is 0 Å². The predicted molar refractivity (Wildman–Crippen MR) is 116 cm³/mol. The molecular formula is C22H28BrNO3S. The number of piperidine rings is 1. The van der Waals surface area contributed by atoms with Crippen molar-refractivity contribution < 1.29 is 13.5 Å². The summed E-state index contributed by atoms with van der Waals surface area (Å²) in [6.45, 7) is 2.80. The van der Waals surface area contributed by atoms with Gasteiger partial charge in [-0.05, 0) is 61.1 Å². The standard InChI is InChI=1S/C22H28BrNO3S/c1-2-3-4-5-18-6-12-21(13-7-18)28(26,27)24-16-14-22(25,15-17-24)19-8-10-20(23)11-9-19/h6-13,25H,2-5,14-17H2,1H3. The third-order valence-corrected chi connectivity index (χ3v) is 8.00. The van der Waals surface area contributed by atoms with E-state index in [1.165, 1.54) is 22.7 Å². The summed E-state index contributed by atoms with van der Waals surface area (Å²) in [4.78, 5) is 0.334. The molecule has 1 N–H and O–H groups in total. The molecule has 0 saturated carbocycles. The molecule has 1 aliphatic heterocycles. The van der Waals surface area contributed by atoms with Crippen LogP contribution in [0.25, 0.3) is 0 Å². The number of hydrogen-bond donors (Lipinski definition) is 1. The molecule has 0 aromatic heterocycles. The van der Waals surface area contributed by atoms with E-state index in [0.717, 1.165) is 22.9 Å². The van der Waals surface area contributed by atoms with Gasteiger partial charge in [0.2, 0.25) is 10.0 Å². The van der Waals surface area contributed by atoms with E-state index in [4.69, 9.17) is 0 Å².